The number of pyridine rings is 1. The van der Waals surface area contributed by atoms with E-state index in [1.165, 1.54) is 0 Å². The molecule has 0 amide bonds. The van der Waals surface area contributed by atoms with E-state index in [0.717, 1.165) is 21.3 Å². The molecule has 88 valence electrons. The van der Waals surface area contributed by atoms with E-state index in [9.17, 15) is 0 Å². The van der Waals surface area contributed by atoms with Gasteiger partial charge in [-0.2, -0.15) is 0 Å². The maximum atomic E-state index is 5.69. The summed E-state index contributed by atoms with van der Waals surface area (Å²) in [6, 6.07) is 9.69. The summed E-state index contributed by atoms with van der Waals surface area (Å²) in [6.45, 7) is 1.03. The summed E-state index contributed by atoms with van der Waals surface area (Å²) >= 11 is 3.44. The van der Waals surface area contributed by atoms with Gasteiger partial charge < -0.3 is 10.5 Å². The van der Waals surface area contributed by atoms with Crippen molar-refractivity contribution in [2.24, 2.45) is 5.73 Å². The van der Waals surface area contributed by atoms with E-state index in [2.05, 4.69) is 20.9 Å². The molecule has 0 saturated carbocycles. The molecule has 0 unspecified atom stereocenters. The standard InChI is InChI=1S/C13H13BrN2O/c14-13-2-1-12(7-11(13)8-15)17-9-10-3-5-16-6-4-10/h1-7H,8-9,15H2. The monoisotopic (exact) mass is 292 g/mol. The van der Waals surface area contributed by atoms with E-state index >= 15 is 0 Å². The second-order valence-electron chi connectivity index (χ2n) is 3.60. The molecule has 2 N–H and O–H groups in total. The summed E-state index contributed by atoms with van der Waals surface area (Å²) in [5, 5.41) is 0. The fourth-order valence-electron chi connectivity index (χ4n) is 1.44. The summed E-state index contributed by atoms with van der Waals surface area (Å²) in [7, 11) is 0. The van der Waals surface area contributed by atoms with Crippen molar-refractivity contribution in [2.45, 2.75) is 13.2 Å². The Morgan fingerprint density at radius 1 is 1.18 bits per heavy atom. The van der Waals surface area contributed by atoms with Crippen LogP contribution in [0.1, 0.15) is 11.1 Å². The van der Waals surface area contributed by atoms with E-state index in [1.807, 2.05) is 30.3 Å². The van der Waals surface area contributed by atoms with Gasteiger partial charge in [-0.15, -0.1) is 0 Å². The smallest absolute Gasteiger partial charge is 0.120 e. The quantitative estimate of drug-likeness (QED) is 0.943. The van der Waals surface area contributed by atoms with Crippen molar-refractivity contribution in [1.82, 2.24) is 4.98 Å². The molecule has 0 aliphatic rings. The number of aromatic nitrogens is 1. The Hall–Kier alpha value is -1.39. The van der Waals surface area contributed by atoms with Crippen LogP contribution in [0.25, 0.3) is 0 Å². The van der Waals surface area contributed by atoms with Crippen LogP contribution in [-0.2, 0) is 13.2 Å². The Balaban J connectivity index is 2.04. The van der Waals surface area contributed by atoms with Crippen LogP contribution < -0.4 is 10.5 Å². The van der Waals surface area contributed by atoms with Crippen LogP contribution in [0.15, 0.2) is 47.2 Å². The molecular formula is C13H13BrN2O. The van der Waals surface area contributed by atoms with Crippen molar-refractivity contribution in [2.75, 3.05) is 0 Å². The number of hydrogen-bond donors (Lipinski definition) is 1. The van der Waals surface area contributed by atoms with Crippen molar-refractivity contribution < 1.29 is 4.74 Å². The molecule has 0 spiro atoms. The lowest BCUT2D eigenvalue weighted by atomic mass is 10.2. The molecule has 1 aromatic carbocycles. The summed E-state index contributed by atoms with van der Waals surface area (Å²) in [4.78, 5) is 3.96. The van der Waals surface area contributed by atoms with Crippen molar-refractivity contribution in [1.29, 1.82) is 0 Å². The Morgan fingerprint density at radius 2 is 1.94 bits per heavy atom. The molecule has 0 aliphatic heterocycles. The van der Waals surface area contributed by atoms with Gasteiger partial charge in [0.2, 0.25) is 0 Å². The van der Waals surface area contributed by atoms with E-state index in [-0.39, 0.29) is 0 Å². The lowest BCUT2D eigenvalue weighted by Gasteiger charge is -2.08. The molecule has 17 heavy (non-hydrogen) atoms. The average molecular weight is 293 g/mol. The van der Waals surface area contributed by atoms with Gasteiger partial charge in [0.1, 0.15) is 12.4 Å². The topological polar surface area (TPSA) is 48.1 Å². The molecule has 3 nitrogen and oxygen atoms in total. The van der Waals surface area contributed by atoms with Crippen LogP contribution in [0.4, 0.5) is 0 Å². The third-order valence-electron chi connectivity index (χ3n) is 2.39. The van der Waals surface area contributed by atoms with Crippen LogP contribution in [-0.4, -0.2) is 4.98 Å². The first-order valence-corrected chi connectivity index (χ1v) is 6.09. The highest BCUT2D eigenvalue weighted by molar-refractivity contribution is 9.10. The molecule has 2 aromatic rings. The Kier molecular flexibility index (Phi) is 4.12. The van der Waals surface area contributed by atoms with Gasteiger partial charge >= 0.3 is 0 Å². The highest BCUT2D eigenvalue weighted by Gasteiger charge is 2.01. The molecule has 1 aromatic heterocycles. The molecular weight excluding hydrogens is 280 g/mol. The van der Waals surface area contributed by atoms with Crippen molar-refractivity contribution >= 4 is 15.9 Å². The molecule has 0 saturated heterocycles. The molecule has 0 atom stereocenters. The van der Waals surface area contributed by atoms with Crippen molar-refractivity contribution in [3.8, 4) is 5.75 Å². The fraction of sp³-hybridized carbons (Fsp3) is 0.154. The van der Waals surface area contributed by atoms with E-state index in [1.54, 1.807) is 12.4 Å². The second-order valence-corrected chi connectivity index (χ2v) is 4.46. The zero-order valence-corrected chi connectivity index (χ0v) is 10.9. The van der Waals surface area contributed by atoms with Gasteiger partial charge in [-0.25, -0.2) is 0 Å². The summed E-state index contributed by atoms with van der Waals surface area (Å²) in [5.74, 6) is 0.825. The predicted octanol–water partition coefficient (Wildman–Crippen LogP) is 2.88. The van der Waals surface area contributed by atoms with Gasteiger partial charge in [-0.1, -0.05) is 15.9 Å². The number of rotatable bonds is 4. The molecule has 1 heterocycles. The van der Waals surface area contributed by atoms with E-state index < -0.39 is 0 Å². The first-order chi connectivity index (χ1) is 8.29. The third kappa shape index (κ3) is 3.28. The minimum Gasteiger partial charge on any atom is -0.489 e. The van der Waals surface area contributed by atoms with Gasteiger partial charge in [0.15, 0.2) is 0 Å². The minimum atomic E-state index is 0.493. The maximum absolute atomic E-state index is 5.69. The van der Waals surface area contributed by atoms with Crippen LogP contribution in [0.2, 0.25) is 0 Å². The summed E-state index contributed by atoms with van der Waals surface area (Å²) < 4.78 is 6.70. The van der Waals surface area contributed by atoms with Crippen molar-refractivity contribution in [3.05, 3.63) is 58.3 Å². The molecule has 0 fully saturated rings. The van der Waals surface area contributed by atoms with Gasteiger partial charge in [0.05, 0.1) is 0 Å². The number of benzene rings is 1. The largest absolute Gasteiger partial charge is 0.489 e. The number of nitrogens with zero attached hydrogens (tertiary/aromatic N) is 1. The summed E-state index contributed by atoms with van der Waals surface area (Å²) in [5.41, 5.74) is 7.77. The van der Waals surface area contributed by atoms with E-state index in [0.29, 0.717) is 13.2 Å². The first kappa shape index (κ1) is 12.1. The lowest BCUT2D eigenvalue weighted by Crippen LogP contribution is -2.00. The van der Waals surface area contributed by atoms with Crippen LogP contribution in [0.3, 0.4) is 0 Å². The van der Waals surface area contributed by atoms with Gasteiger partial charge in [-0.3, -0.25) is 4.98 Å². The van der Waals surface area contributed by atoms with Gasteiger partial charge in [-0.05, 0) is 41.5 Å². The van der Waals surface area contributed by atoms with Crippen molar-refractivity contribution in [3.63, 3.8) is 0 Å². The number of ether oxygens (including phenoxy) is 1. The Labute approximate surface area is 109 Å². The third-order valence-corrected chi connectivity index (χ3v) is 3.17. The molecule has 0 aliphatic carbocycles. The van der Waals surface area contributed by atoms with Gasteiger partial charge in [0, 0.05) is 23.4 Å². The minimum absolute atomic E-state index is 0.493. The highest BCUT2D eigenvalue weighted by atomic mass is 79.9. The average Bonchev–Trinajstić information content (AvgIpc) is 2.39. The van der Waals surface area contributed by atoms with E-state index in [4.69, 9.17) is 10.5 Å². The van der Waals surface area contributed by atoms with Crippen LogP contribution in [0.5, 0.6) is 5.75 Å². The first-order valence-electron chi connectivity index (χ1n) is 5.30. The zero-order chi connectivity index (χ0) is 12.1. The molecule has 2 rings (SSSR count). The zero-order valence-electron chi connectivity index (χ0n) is 9.27. The second kappa shape index (κ2) is 5.80. The Morgan fingerprint density at radius 3 is 2.65 bits per heavy atom. The maximum Gasteiger partial charge on any atom is 0.120 e. The fourth-order valence-corrected chi connectivity index (χ4v) is 1.85. The van der Waals surface area contributed by atoms with Gasteiger partial charge in [0.25, 0.3) is 0 Å². The predicted molar refractivity (Wildman–Crippen MR) is 70.6 cm³/mol. The Bertz CT molecular complexity index is 488. The van der Waals surface area contributed by atoms with Crippen LogP contribution >= 0.6 is 15.9 Å². The normalized spacial score (nSPS) is 10.2. The molecule has 0 radical (unpaired) electrons. The summed E-state index contributed by atoms with van der Waals surface area (Å²) in [6.07, 6.45) is 3.51. The number of hydrogen-bond acceptors (Lipinski definition) is 3. The number of nitrogens with two attached hydrogens (primary N) is 1. The SMILES string of the molecule is NCc1cc(OCc2ccncc2)ccc1Br. The molecule has 0 bridgehead atoms. The highest BCUT2D eigenvalue weighted by Crippen LogP contribution is 2.22. The van der Waals surface area contributed by atoms with Crippen LogP contribution in [0, 0.1) is 0 Å². The number of halogens is 1. The lowest BCUT2D eigenvalue weighted by molar-refractivity contribution is 0.305. The molecule has 4 heteroatoms.